The van der Waals surface area contributed by atoms with Crippen LogP contribution >= 0.6 is 11.3 Å². The molecule has 1 aliphatic rings. The number of rotatable bonds is 4. The molecule has 3 aromatic heterocycles. The second-order valence-corrected chi connectivity index (χ2v) is 6.95. The molecule has 0 radical (unpaired) electrons. The first-order valence-electron chi connectivity index (χ1n) is 7.93. The normalized spacial score (nSPS) is 13.9. The van der Waals surface area contributed by atoms with E-state index in [-0.39, 0.29) is 6.03 Å². The van der Waals surface area contributed by atoms with E-state index in [4.69, 9.17) is 0 Å². The highest BCUT2D eigenvalue weighted by molar-refractivity contribution is 7.18. The first-order valence-corrected chi connectivity index (χ1v) is 8.74. The Bertz CT molecular complexity index is 866. The molecule has 0 spiro atoms. The third kappa shape index (κ3) is 3.07. The van der Waals surface area contributed by atoms with Crippen LogP contribution in [0.2, 0.25) is 0 Å². The van der Waals surface area contributed by atoms with Crippen molar-refractivity contribution in [2.75, 3.05) is 6.54 Å². The lowest BCUT2D eigenvalue weighted by Crippen LogP contribution is -2.30. The fraction of sp³-hybridized carbons (Fsp3) is 0.294. The van der Waals surface area contributed by atoms with Crippen molar-refractivity contribution in [2.45, 2.75) is 19.8 Å². The lowest BCUT2D eigenvalue weighted by atomic mass is 10.3. The van der Waals surface area contributed by atoms with Crippen molar-refractivity contribution >= 4 is 17.4 Å². The van der Waals surface area contributed by atoms with Crippen LogP contribution in [0.25, 0.3) is 21.1 Å². The van der Waals surface area contributed by atoms with Gasteiger partial charge in [-0.05, 0) is 43.9 Å². The molecule has 1 aliphatic carbocycles. The number of nitrogens with one attached hydrogen (secondary N) is 1. The second-order valence-electron chi connectivity index (χ2n) is 5.95. The van der Waals surface area contributed by atoms with Crippen LogP contribution in [-0.4, -0.2) is 32.3 Å². The van der Waals surface area contributed by atoms with Crippen LogP contribution in [0.5, 0.6) is 0 Å². The molecule has 0 atom stereocenters. The number of nitrogens with zero attached hydrogens (tertiary/aromatic N) is 4. The Morgan fingerprint density at radius 2 is 2.29 bits per heavy atom. The van der Waals surface area contributed by atoms with Crippen molar-refractivity contribution in [2.24, 2.45) is 5.92 Å². The number of hydrogen-bond donors (Lipinski definition) is 1. The van der Waals surface area contributed by atoms with E-state index in [0.29, 0.717) is 5.92 Å². The van der Waals surface area contributed by atoms with Crippen molar-refractivity contribution in [1.29, 1.82) is 0 Å². The summed E-state index contributed by atoms with van der Waals surface area (Å²) >= 11 is 1.56. The quantitative estimate of drug-likeness (QED) is 0.791. The maximum atomic E-state index is 12.1. The number of pyridine rings is 1. The van der Waals surface area contributed by atoms with Crippen molar-refractivity contribution in [3.8, 4) is 21.1 Å². The summed E-state index contributed by atoms with van der Waals surface area (Å²) < 4.78 is 1.36. The van der Waals surface area contributed by atoms with Gasteiger partial charge in [0, 0.05) is 30.7 Å². The van der Waals surface area contributed by atoms with Gasteiger partial charge in [0.05, 0.1) is 10.6 Å². The Morgan fingerprint density at radius 1 is 1.42 bits per heavy atom. The zero-order chi connectivity index (χ0) is 16.5. The zero-order valence-electron chi connectivity index (χ0n) is 13.3. The van der Waals surface area contributed by atoms with Gasteiger partial charge in [-0.25, -0.2) is 9.78 Å². The Kier molecular flexibility index (Phi) is 3.86. The Balaban J connectivity index is 1.55. The zero-order valence-corrected chi connectivity index (χ0v) is 14.1. The maximum Gasteiger partial charge on any atom is 0.342 e. The summed E-state index contributed by atoms with van der Waals surface area (Å²) in [6, 6.07) is 5.55. The lowest BCUT2D eigenvalue weighted by Gasteiger charge is -2.02. The third-order valence-electron chi connectivity index (χ3n) is 3.97. The average Bonchev–Trinajstić information content (AvgIpc) is 3.16. The molecule has 0 bridgehead atoms. The van der Waals surface area contributed by atoms with Gasteiger partial charge in [0.1, 0.15) is 10.7 Å². The minimum absolute atomic E-state index is 0.178. The van der Waals surface area contributed by atoms with Crippen LogP contribution in [0.3, 0.4) is 0 Å². The molecule has 3 heterocycles. The molecule has 0 aromatic carbocycles. The highest BCUT2D eigenvalue weighted by Crippen LogP contribution is 2.34. The van der Waals surface area contributed by atoms with Gasteiger partial charge in [0.2, 0.25) is 0 Å². The summed E-state index contributed by atoms with van der Waals surface area (Å²) in [7, 11) is 0. The molecule has 1 fully saturated rings. The average molecular weight is 339 g/mol. The van der Waals surface area contributed by atoms with Crippen LogP contribution in [0.1, 0.15) is 18.5 Å². The fourth-order valence-corrected chi connectivity index (χ4v) is 3.46. The summed E-state index contributed by atoms with van der Waals surface area (Å²) in [5.74, 6) is 0.648. The number of aromatic nitrogens is 4. The number of carbonyl (C=O) groups is 1. The van der Waals surface area contributed by atoms with Crippen molar-refractivity contribution in [3.05, 3.63) is 42.5 Å². The van der Waals surface area contributed by atoms with Crippen LogP contribution < -0.4 is 5.32 Å². The van der Waals surface area contributed by atoms with Crippen LogP contribution in [-0.2, 0) is 0 Å². The predicted octanol–water partition coefficient (Wildman–Crippen LogP) is 3.34. The van der Waals surface area contributed by atoms with E-state index in [0.717, 1.165) is 33.4 Å². The minimum atomic E-state index is -0.178. The first kappa shape index (κ1) is 15.0. The second kappa shape index (κ2) is 6.16. The topological polar surface area (TPSA) is 72.7 Å². The molecule has 6 nitrogen and oxygen atoms in total. The molecule has 1 N–H and O–H groups in total. The van der Waals surface area contributed by atoms with Gasteiger partial charge in [-0.15, -0.1) is 11.3 Å². The number of amides is 1. The molecule has 4 rings (SSSR count). The van der Waals surface area contributed by atoms with E-state index < -0.39 is 0 Å². The number of carbonyl (C=O) groups excluding carboxylic acids is 1. The van der Waals surface area contributed by atoms with Gasteiger partial charge >= 0.3 is 6.03 Å². The monoisotopic (exact) mass is 339 g/mol. The van der Waals surface area contributed by atoms with E-state index in [9.17, 15) is 4.79 Å². The number of thiazole rings is 1. The van der Waals surface area contributed by atoms with E-state index in [1.807, 2.05) is 25.1 Å². The first-order chi connectivity index (χ1) is 11.7. The maximum absolute atomic E-state index is 12.1. The van der Waals surface area contributed by atoms with Crippen molar-refractivity contribution in [1.82, 2.24) is 25.1 Å². The predicted molar refractivity (Wildman–Crippen MR) is 92.8 cm³/mol. The highest BCUT2D eigenvalue weighted by atomic mass is 32.1. The largest absolute Gasteiger partial charge is 0.342 e. The van der Waals surface area contributed by atoms with Gasteiger partial charge in [0.25, 0.3) is 0 Å². The van der Waals surface area contributed by atoms with Crippen LogP contribution in [0.4, 0.5) is 4.79 Å². The highest BCUT2D eigenvalue weighted by Gasteiger charge is 2.22. The molecule has 24 heavy (non-hydrogen) atoms. The fourth-order valence-electron chi connectivity index (χ4n) is 2.44. The minimum Gasteiger partial charge on any atom is -0.336 e. The van der Waals surface area contributed by atoms with Gasteiger partial charge < -0.3 is 5.32 Å². The smallest absolute Gasteiger partial charge is 0.336 e. The number of hydrogen-bond acceptors (Lipinski definition) is 5. The van der Waals surface area contributed by atoms with E-state index in [1.165, 1.54) is 17.5 Å². The molecular formula is C17H17N5OS. The summed E-state index contributed by atoms with van der Waals surface area (Å²) in [5.41, 5.74) is 2.66. The van der Waals surface area contributed by atoms with Crippen LogP contribution in [0, 0.1) is 12.8 Å². The SMILES string of the molecule is Cc1nc(-c2cccnc2)sc1-c1ccn(C(=O)NCC2CC2)n1. The molecular weight excluding hydrogens is 322 g/mol. The van der Waals surface area contributed by atoms with Crippen molar-refractivity contribution in [3.63, 3.8) is 0 Å². The molecule has 3 aromatic rings. The molecule has 0 aliphatic heterocycles. The summed E-state index contributed by atoms with van der Waals surface area (Å²) in [6.07, 6.45) is 7.66. The van der Waals surface area contributed by atoms with Crippen molar-refractivity contribution < 1.29 is 4.79 Å². The molecule has 1 saturated carbocycles. The third-order valence-corrected chi connectivity index (χ3v) is 5.20. The van der Waals surface area contributed by atoms with Crippen LogP contribution in [0.15, 0.2) is 36.8 Å². The Labute approximate surface area is 143 Å². The standard InChI is InChI=1S/C17H17N5OS/c1-11-15(24-16(20-11)13-3-2-7-18-10-13)14-6-8-22(21-14)17(23)19-9-12-4-5-12/h2-3,6-8,10,12H,4-5,9H2,1H3,(H,19,23). The number of aryl methyl sites for hydroxylation is 1. The summed E-state index contributed by atoms with van der Waals surface area (Å²) in [5, 5.41) is 8.22. The van der Waals surface area contributed by atoms with Gasteiger partial charge in [0.15, 0.2) is 0 Å². The van der Waals surface area contributed by atoms with Gasteiger partial charge in [-0.2, -0.15) is 9.78 Å². The molecule has 7 heteroatoms. The molecule has 0 saturated heterocycles. The van der Waals surface area contributed by atoms with E-state index in [2.05, 4.69) is 20.4 Å². The summed E-state index contributed by atoms with van der Waals surface area (Å²) in [6.45, 7) is 2.69. The molecule has 1 amide bonds. The Morgan fingerprint density at radius 3 is 3.04 bits per heavy atom. The van der Waals surface area contributed by atoms with E-state index in [1.54, 1.807) is 29.9 Å². The molecule has 122 valence electrons. The van der Waals surface area contributed by atoms with E-state index >= 15 is 0 Å². The van der Waals surface area contributed by atoms with Gasteiger partial charge in [-0.1, -0.05) is 0 Å². The Hall–Kier alpha value is -2.54. The summed E-state index contributed by atoms with van der Waals surface area (Å²) in [4.78, 5) is 21.8. The molecule has 0 unspecified atom stereocenters. The van der Waals surface area contributed by atoms with Gasteiger partial charge in [-0.3, -0.25) is 4.98 Å². The lowest BCUT2D eigenvalue weighted by molar-refractivity contribution is 0.239.